The molecule has 0 saturated heterocycles. The highest BCUT2D eigenvalue weighted by Gasteiger charge is 2.56. The van der Waals surface area contributed by atoms with Gasteiger partial charge in [0.1, 0.15) is 0 Å². The minimum absolute atomic E-state index is 0.358. The largest absolute Gasteiger partial charge is 0.399 e. The minimum Gasteiger partial charge on any atom is -0.399 e. The van der Waals surface area contributed by atoms with Gasteiger partial charge in [0.05, 0.1) is 0 Å². The molecule has 2 atom stereocenters. The molecule has 19 heavy (non-hydrogen) atoms. The Hall–Kier alpha value is -1.18. The Morgan fingerprint density at radius 3 is 2.32 bits per heavy atom. The Balaban J connectivity index is 1.81. The summed E-state index contributed by atoms with van der Waals surface area (Å²) >= 11 is 0. The first kappa shape index (κ1) is 11.6. The summed E-state index contributed by atoms with van der Waals surface area (Å²) in [6.07, 6.45) is 8.40. The number of hydrogen-bond acceptors (Lipinski definition) is 2. The predicted octanol–water partition coefficient (Wildman–Crippen LogP) is 3.71. The van der Waals surface area contributed by atoms with E-state index in [1.54, 1.807) is 0 Å². The van der Waals surface area contributed by atoms with Crippen LogP contribution in [-0.2, 0) is 5.41 Å². The quantitative estimate of drug-likeness (QED) is 0.753. The molecule has 4 aliphatic carbocycles. The molecule has 0 radical (unpaired) electrons. The summed E-state index contributed by atoms with van der Waals surface area (Å²) in [7, 11) is 0. The minimum atomic E-state index is 0.358. The second-order valence-electron chi connectivity index (χ2n) is 7.90. The van der Waals surface area contributed by atoms with E-state index in [-0.39, 0.29) is 0 Å². The first-order valence-electron chi connectivity index (χ1n) is 7.64. The average molecular weight is 256 g/mol. The Morgan fingerprint density at radius 1 is 1.05 bits per heavy atom. The maximum absolute atomic E-state index is 6.31. The van der Waals surface area contributed by atoms with Crippen molar-refractivity contribution in [2.75, 3.05) is 11.5 Å². The SMILES string of the molecule is CC12CC3CC(C1)CC(c1ccc(N)cc1N)(C3)C2. The van der Waals surface area contributed by atoms with Gasteiger partial charge in [0.25, 0.3) is 0 Å². The van der Waals surface area contributed by atoms with Crippen LogP contribution in [0.15, 0.2) is 18.2 Å². The standard InChI is InChI=1S/C17H24N2/c1-16-6-11-4-12(7-16)9-17(8-11,10-16)14-3-2-13(18)5-15(14)19/h2-3,5,11-12H,4,6-10,18-19H2,1H3. The lowest BCUT2D eigenvalue weighted by Gasteiger charge is -2.61. The van der Waals surface area contributed by atoms with Crippen LogP contribution in [-0.4, -0.2) is 0 Å². The van der Waals surface area contributed by atoms with Gasteiger partial charge in [-0.15, -0.1) is 0 Å². The molecule has 4 saturated carbocycles. The third-order valence-electron chi connectivity index (χ3n) is 6.00. The van der Waals surface area contributed by atoms with Crippen LogP contribution in [0.25, 0.3) is 0 Å². The van der Waals surface area contributed by atoms with Crippen molar-refractivity contribution < 1.29 is 0 Å². The first-order chi connectivity index (χ1) is 8.98. The molecule has 102 valence electrons. The molecular weight excluding hydrogens is 232 g/mol. The average Bonchev–Trinajstić information content (AvgIpc) is 2.24. The maximum Gasteiger partial charge on any atom is 0.0372 e. The number of anilines is 2. The molecule has 0 aromatic heterocycles. The summed E-state index contributed by atoms with van der Waals surface area (Å²) in [5.74, 6) is 1.87. The fraction of sp³-hybridized carbons (Fsp3) is 0.647. The van der Waals surface area contributed by atoms with E-state index in [1.165, 1.54) is 44.1 Å². The summed E-state index contributed by atoms with van der Waals surface area (Å²) in [6.45, 7) is 2.51. The van der Waals surface area contributed by atoms with Gasteiger partial charge in [-0.2, -0.15) is 0 Å². The van der Waals surface area contributed by atoms with Crippen molar-refractivity contribution >= 4 is 11.4 Å². The molecule has 0 spiro atoms. The lowest BCUT2D eigenvalue weighted by Crippen LogP contribution is -2.53. The van der Waals surface area contributed by atoms with Gasteiger partial charge in [-0.25, -0.2) is 0 Å². The molecule has 1 aromatic rings. The van der Waals surface area contributed by atoms with Crippen molar-refractivity contribution in [1.82, 2.24) is 0 Å². The van der Waals surface area contributed by atoms with E-state index in [9.17, 15) is 0 Å². The van der Waals surface area contributed by atoms with E-state index < -0.39 is 0 Å². The smallest absolute Gasteiger partial charge is 0.0372 e. The van der Waals surface area contributed by atoms with E-state index >= 15 is 0 Å². The third kappa shape index (κ3) is 1.62. The van der Waals surface area contributed by atoms with Crippen LogP contribution in [0.2, 0.25) is 0 Å². The predicted molar refractivity (Wildman–Crippen MR) is 79.7 cm³/mol. The van der Waals surface area contributed by atoms with Gasteiger partial charge in [0, 0.05) is 11.4 Å². The number of hydrogen-bond donors (Lipinski definition) is 2. The van der Waals surface area contributed by atoms with Crippen LogP contribution in [0.4, 0.5) is 11.4 Å². The molecule has 2 heteroatoms. The lowest BCUT2D eigenvalue weighted by atomic mass is 9.43. The Labute approximate surface area is 115 Å². The molecule has 0 heterocycles. The van der Waals surface area contributed by atoms with Crippen LogP contribution >= 0.6 is 0 Å². The molecule has 4 fully saturated rings. The van der Waals surface area contributed by atoms with Crippen molar-refractivity contribution in [2.45, 2.75) is 50.9 Å². The zero-order valence-electron chi connectivity index (χ0n) is 11.8. The Morgan fingerprint density at radius 2 is 1.74 bits per heavy atom. The first-order valence-corrected chi connectivity index (χ1v) is 7.64. The van der Waals surface area contributed by atoms with Gasteiger partial charge >= 0.3 is 0 Å². The molecular formula is C17H24N2. The fourth-order valence-electron chi connectivity index (χ4n) is 6.10. The maximum atomic E-state index is 6.31. The zero-order chi connectivity index (χ0) is 13.3. The van der Waals surface area contributed by atoms with Gasteiger partial charge in [-0.3, -0.25) is 0 Å². The summed E-state index contributed by atoms with van der Waals surface area (Å²) in [6, 6.07) is 6.20. The molecule has 4 bridgehead atoms. The normalized spacial score (nSPS) is 43.6. The fourth-order valence-corrected chi connectivity index (χ4v) is 6.10. The molecule has 4 aliphatic rings. The van der Waals surface area contributed by atoms with Gasteiger partial charge in [0.2, 0.25) is 0 Å². The van der Waals surface area contributed by atoms with E-state index in [0.717, 1.165) is 23.2 Å². The van der Waals surface area contributed by atoms with Crippen LogP contribution < -0.4 is 11.5 Å². The molecule has 0 amide bonds. The van der Waals surface area contributed by atoms with Crippen molar-refractivity contribution in [3.63, 3.8) is 0 Å². The van der Waals surface area contributed by atoms with E-state index in [0.29, 0.717) is 10.8 Å². The number of rotatable bonds is 1. The van der Waals surface area contributed by atoms with Crippen LogP contribution in [0.1, 0.15) is 51.0 Å². The van der Waals surface area contributed by atoms with Crippen LogP contribution in [0.5, 0.6) is 0 Å². The molecule has 5 rings (SSSR count). The highest BCUT2D eigenvalue weighted by molar-refractivity contribution is 5.59. The van der Waals surface area contributed by atoms with Crippen molar-refractivity contribution in [2.24, 2.45) is 17.3 Å². The second-order valence-corrected chi connectivity index (χ2v) is 7.90. The van der Waals surface area contributed by atoms with Crippen molar-refractivity contribution in [3.05, 3.63) is 23.8 Å². The van der Waals surface area contributed by atoms with Crippen molar-refractivity contribution in [1.29, 1.82) is 0 Å². The summed E-state index contributed by atoms with van der Waals surface area (Å²) < 4.78 is 0. The topological polar surface area (TPSA) is 52.0 Å². The van der Waals surface area contributed by atoms with Gasteiger partial charge in [-0.1, -0.05) is 13.0 Å². The Kier molecular flexibility index (Phi) is 2.13. The molecule has 2 nitrogen and oxygen atoms in total. The van der Waals surface area contributed by atoms with Crippen LogP contribution in [0, 0.1) is 17.3 Å². The monoisotopic (exact) mass is 256 g/mol. The van der Waals surface area contributed by atoms with Gasteiger partial charge in [-0.05, 0) is 78.9 Å². The number of nitrogens with two attached hydrogens (primary N) is 2. The summed E-state index contributed by atoms with van der Waals surface area (Å²) in [4.78, 5) is 0. The van der Waals surface area contributed by atoms with E-state index in [4.69, 9.17) is 11.5 Å². The highest BCUT2D eigenvalue weighted by Crippen LogP contribution is 2.66. The second kappa shape index (κ2) is 3.47. The Bertz CT molecular complexity index is 520. The number of nitrogen functional groups attached to an aromatic ring is 2. The van der Waals surface area contributed by atoms with Gasteiger partial charge in [0.15, 0.2) is 0 Å². The lowest BCUT2D eigenvalue weighted by molar-refractivity contribution is -0.0612. The van der Waals surface area contributed by atoms with Crippen molar-refractivity contribution in [3.8, 4) is 0 Å². The molecule has 2 unspecified atom stereocenters. The third-order valence-corrected chi connectivity index (χ3v) is 6.00. The molecule has 1 aromatic carbocycles. The number of benzene rings is 1. The van der Waals surface area contributed by atoms with E-state index in [1.807, 2.05) is 12.1 Å². The summed E-state index contributed by atoms with van der Waals surface area (Å²) in [5.41, 5.74) is 16.2. The van der Waals surface area contributed by atoms with Gasteiger partial charge < -0.3 is 11.5 Å². The summed E-state index contributed by atoms with van der Waals surface area (Å²) in [5, 5.41) is 0. The van der Waals surface area contributed by atoms with Crippen LogP contribution in [0.3, 0.4) is 0 Å². The highest BCUT2D eigenvalue weighted by atomic mass is 14.7. The van der Waals surface area contributed by atoms with E-state index in [2.05, 4.69) is 13.0 Å². The molecule has 0 aliphatic heterocycles. The molecule has 4 N–H and O–H groups in total. The zero-order valence-corrected chi connectivity index (χ0v) is 11.8.